The Kier molecular flexibility index (Phi) is 9.34. The van der Waals surface area contributed by atoms with Gasteiger partial charge in [0.05, 0.1) is 6.10 Å². The number of hydrogen-bond donors (Lipinski definition) is 0. The van der Waals surface area contributed by atoms with Gasteiger partial charge in [0.1, 0.15) is 0 Å². The second-order valence-corrected chi connectivity index (χ2v) is 8.01. The van der Waals surface area contributed by atoms with Crippen molar-refractivity contribution in [2.24, 2.45) is 17.8 Å². The van der Waals surface area contributed by atoms with Gasteiger partial charge in [-0.2, -0.15) is 0 Å². The lowest BCUT2D eigenvalue weighted by Crippen LogP contribution is -2.28. The minimum Gasteiger partial charge on any atom is -0.378 e. The van der Waals surface area contributed by atoms with Crippen molar-refractivity contribution in [2.75, 3.05) is 6.61 Å². The number of ether oxygens (including phenoxy) is 1. The summed E-state index contributed by atoms with van der Waals surface area (Å²) in [5.74, 6) is 2.91. The van der Waals surface area contributed by atoms with Crippen LogP contribution in [-0.4, -0.2) is 12.7 Å². The van der Waals surface area contributed by atoms with Gasteiger partial charge < -0.3 is 4.74 Å². The van der Waals surface area contributed by atoms with Gasteiger partial charge in [-0.25, -0.2) is 0 Å². The third-order valence-corrected chi connectivity index (χ3v) is 6.17. The second-order valence-electron chi connectivity index (χ2n) is 8.01. The molecule has 0 bridgehead atoms. The Morgan fingerprint density at radius 1 is 0.783 bits per heavy atom. The van der Waals surface area contributed by atoms with Gasteiger partial charge in [-0.05, 0) is 82.0 Å². The molecule has 0 spiro atoms. The molecule has 0 atom stereocenters. The first kappa shape index (κ1) is 19.0. The topological polar surface area (TPSA) is 9.23 Å². The van der Waals surface area contributed by atoms with E-state index < -0.39 is 0 Å². The van der Waals surface area contributed by atoms with Crippen LogP contribution >= 0.6 is 0 Å². The van der Waals surface area contributed by atoms with Crippen LogP contribution in [0.4, 0.5) is 0 Å². The number of unbranched alkanes of at least 4 members (excludes halogenated alkanes) is 3. The van der Waals surface area contributed by atoms with E-state index in [0.717, 1.165) is 24.4 Å². The first-order chi connectivity index (χ1) is 11.3. The molecule has 2 saturated carbocycles. The Morgan fingerprint density at radius 3 is 2.04 bits per heavy atom. The lowest BCUT2D eigenvalue weighted by Gasteiger charge is -2.37. The van der Waals surface area contributed by atoms with Crippen LogP contribution in [0.3, 0.4) is 0 Å². The summed E-state index contributed by atoms with van der Waals surface area (Å²) in [6.07, 6.45) is 23.3. The van der Waals surface area contributed by atoms with Crippen LogP contribution in [0.25, 0.3) is 0 Å². The molecule has 0 aromatic carbocycles. The largest absolute Gasteiger partial charge is 0.378 e. The fraction of sp³-hybridized carbons (Fsp3) is 0.909. The van der Waals surface area contributed by atoms with Crippen LogP contribution in [-0.2, 0) is 4.74 Å². The van der Waals surface area contributed by atoms with E-state index in [9.17, 15) is 0 Å². The highest BCUT2D eigenvalue weighted by Crippen LogP contribution is 2.40. The summed E-state index contributed by atoms with van der Waals surface area (Å²) in [4.78, 5) is 0. The van der Waals surface area contributed by atoms with Crippen molar-refractivity contribution in [3.05, 3.63) is 12.2 Å². The standard InChI is InChI=1S/C22H40O/c1-3-5-7-9-19-10-12-20(13-11-19)21-14-16-22(17-15-21)23-18-8-6-4-2/h7,9,19-22H,3-6,8,10-18H2,1-2H3. The maximum atomic E-state index is 6.08. The van der Waals surface area contributed by atoms with Crippen molar-refractivity contribution in [1.82, 2.24) is 0 Å². The van der Waals surface area contributed by atoms with E-state index >= 15 is 0 Å². The molecular formula is C22H40O. The molecule has 1 heteroatoms. The molecule has 0 aromatic heterocycles. The zero-order valence-electron chi connectivity index (χ0n) is 15.8. The van der Waals surface area contributed by atoms with Gasteiger partial charge in [0.15, 0.2) is 0 Å². The third-order valence-electron chi connectivity index (χ3n) is 6.17. The molecule has 23 heavy (non-hydrogen) atoms. The number of hydrogen-bond acceptors (Lipinski definition) is 1. The normalized spacial score (nSPS) is 32.4. The summed E-state index contributed by atoms with van der Waals surface area (Å²) in [6, 6.07) is 0. The van der Waals surface area contributed by atoms with Crippen molar-refractivity contribution in [1.29, 1.82) is 0 Å². The zero-order valence-corrected chi connectivity index (χ0v) is 15.8. The predicted octanol–water partition coefficient (Wildman–Crippen LogP) is 6.91. The fourth-order valence-electron chi connectivity index (χ4n) is 4.59. The summed E-state index contributed by atoms with van der Waals surface area (Å²) in [7, 11) is 0. The van der Waals surface area contributed by atoms with Crippen LogP contribution in [0.1, 0.15) is 97.3 Å². The van der Waals surface area contributed by atoms with Crippen molar-refractivity contribution < 1.29 is 4.74 Å². The van der Waals surface area contributed by atoms with Crippen molar-refractivity contribution in [3.63, 3.8) is 0 Å². The Bertz CT molecular complexity index is 306. The molecule has 2 rings (SSSR count). The van der Waals surface area contributed by atoms with E-state index in [1.165, 1.54) is 83.5 Å². The highest BCUT2D eigenvalue weighted by molar-refractivity contribution is 4.92. The Hall–Kier alpha value is -0.300. The van der Waals surface area contributed by atoms with E-state index in [4.69, 9.17) is 4.74 Å². The van der Waals surface area contributed by atoms with E-state index in [1.54, 1.807) is 0 Å². The average molecular weight is 321 g/mol. The van der Waals surface area contributed by atoms with Crippen LogP contribution in [0, 0.1) is 17.8 Å². The summed E-state index contributed by atoms with van der Waals surface area (Å²) in [6.45, 7) is 5.53. The second kappa shape index (κ2) is 11.3. The quantitative estimate of drug-likeness (QED) is 0.331. The molecule has 0 aliphatic heterocycles. The summed E-state index contributed by atoms with van der Waals surface area (Å²) in [5, 5.41) is 0. The molecule has 134 valence electrons. The molecule has 0 unspecified atom stereocenters. The van der Waals surface area contributed by atoms with E-state index in [2.05, 4.69) is 26.0 Å². The van der Waals surface area contributed by atoms with Gasteiger partial charge in [-0.3, -0.25) is 0 Å². The first-order valence-corrected chi connectivity index (χ1v) is 10.6. The molecule has 2 aliphatic carbocycles. The monoisotopic (exact) mass is 320 g/mol. The van der Waals surface area contributed by atoms with Crippen molar-refractivity contribution >= 4 is 0 Å². The van der Waals surface area contributed by atoms with E-state index in [0.29, 0.717) is 6.10 Å². The Balaban J connectivity index is 1.59. The van der Waals surface area contributed by atoms with E-state index in [1.807, 2.05) is 0 Å². The summed E-state index contributed by atoms with van der Waals surface area (Å²) in [5.41, 5.74) is 0. The average Bonchev–Trinajstić information content (AvgIpc) is 2.60. The molecule has 0 amide bonds. The molecule has 0 saturated heterocycles. The van der Waals surface area contributed by atoms with Gasteiger partial charge in [-0.15, -0.1) is 0 Å². The molecule has 0 radical (unpaired) electrons. The van der Waals surface area contributed by atoms with Gasteiger partial charge in [-0.1, -0.05) is 45.3 Å². The van der Waals surface area contributed by atoms with Gasteiger partial charge in [0, 0.05) is 6.61 Å². The predicted molar refractivity (Wildman–Crippen MR) is 101 cm³/mol. The summed E-state index contributed by atoms with van der Waals surface area (Å²) < 4.78 is 6.08. The molecule has 1 nitrogen and oxygen atoms in total. The van der Waals surface area contributed by atoms with Crippen LogP contribution in [0.15, 0.2) is 12.2 Å². The Labute approximate surface area is 145 Å². The lowest BCUT2D eigenvalue weighted by molar-refractivity contribution is 0.00606. The molecular weight excluding hydrogens is 280 g/mol. The first-order valence-electron chi connectivity index (χ1n) is 10.6. The lowest BCUT2D eigenvalue weighted by atomic mass is 9.70. The van der Waals surface area contributed by atoms with Crippen LogP contribution in [0.5, 0.6) is 0 Å². The van der Waals surface area contributed by atoms with Gasteiger partial charge in [0.2, 0.25) is 0 Å². The maximum absolute atomic E-state index is 6.08. The van der Waals surface area contributed by atoms with E-state index in [-0.39, 0.29) is 0 Å². The van der Waals surface area contributed by atoms with Crippen molar-refractivity contribution in [2.45, 2.75) is 103 Å². The molecule has 2 aliphatic rings. The molecule has 0 N–H and O–H groups in total. The number of rotatable bonds is 9. The van der Waals surface area contributed by atoms with Gasteiger partial charge >= 0.3 is 0 Å². The minimum atomic E-state index is 0.580. The highest BCUT2D eigenvalue weighted by atomic mass is 16.5. The minimum absolute atomic E-state index is 0.580. The fourth-order valence-corrected chi connectivity index (χ4v) is 4.59. The van der Waals surface area contributed by atoms with Gasteiger partial charge in [0.25, 0.3) is 0 Å². The number of allylic oxidation sites excluding steroid dienone is 2. The zero-order chi connectivity index (χ0) is 16.3. The van der Waals surface area contributed by atoms with Crippen LogP contribution in [0.2, 0.25) is 0 Å². The molecule has 0 heterocycles. The SMILES string of the molecule is CCCC=CC1CCC(C2CCC(OCCCCC)CC2)CC1. The Morgan fingerprint density at radius 2 is 1.43 bits per heavy atom. The molecule has 0 aromatic rings. The van der Waals surface area contributed by atoms with Crippen LogP contribution < -0.4 is 0 Å². The molecule has 2 fully saturated rings. The summed E-state index contributed by atoms with van der Waals surface area (Å²) >= 11 is 0. The smallest absolute Gasteiger partial charge is 0.0575 e. The van der Waals surface area contributed by atoms with Crippen molar-refractivity contribution in [3.8, 4) is 0 Å². The third kappa shape index (κ3) is 6.99. The maximum Gasteiger partial charge on any atom is 0.0575 e. The highest BCUT2D eigenvalue weighted by Gasteiger charge is 2.30.